The third-order valence-corrected chi connectivity index (χ3v) is 4.07. The van der Waals surface area contributed by atoms with Crippen molar-refractivity contribution in [1.29, 1.82) is 0 Å². The number of hydrogen-bond acceptors (Lipinski definition) is 3. The third kappa shape index (κ3) is 2.23. The van der Waals surface area contributed by atoms with E-state index in [9.17, 15) is 0 Å². The van der Waals surface area contributed by atoms with Crippen LogP contribution in [-0.4, -0.2) is 21.5 Å². The summed E-state index contributed by atoms with van der Waals surface area (Å²) >= 11 is 0. The molecule has 0 aliphatic heterocycles. The van der Waals surface area contributed by atoms with E-state index in [4.69, 9.17) is 5.73 Å². The fourth-order valence-electron chi connectivity index (χ4n) is 3.02. The first-order chi connectivity index (χ1) is 8.40. The molecule has 1 heterocycles. The maximum Gasteiger partial charge on any atom is 0.0874 e. The second kappa shape index (κ2) is 4.77. The second-order valence-electron chi connectivity index (χ2n) is 5.47. The van der Waals surface area contributed by atoms with Crippen LogP contribution >= 0.6 is 0 Å². The Labute approximate surface area is 103 Å². The molecule has 0 spiro atoms. The molecule has 0 aromatic carbocycles. The molecule has 4 heteroatoms. The first-order valence-electron chi connectivity index (χ1n) is 7.04. The SMILES string of the molecule is NCCc1nnn(C2CCCCC2)c1C1CC1. The Bertz CT molecular complexity index is 375. The molecule has 2 saturated carbocycles. The minimum Gasteiger partial charge on any atom is -0.330 e. The van der Waals surface area contributed by atoms with E-state index in [0.29, 0.717) is 12.6 Å². The van der Waals surface area contributed by atoms with Gasteiger partial charge in [0.2, 0.25) is 0 Å². The van der Waals surface area contributed by atoms with Gasteiger partial charge in [-0.25, -0.2) is 4.68 Å². The smallest absolute Gasteiger partial charge is 0.0874 e. The summed E-state index contributed by atoms with van der Waals surface area (Å²) in [6, 6.07) is 0.610. The van der Waals surface area contributed by atoms with Gasteiger partial charge in [-0.15, -0.1) is 5.10 Å². The average molecular weight is 234 g/mol. The molecule has 2 aliphatic rings. The largest absolute Gasteiger partial charge is 0.330 e. The van der Waals surface area contributed by atoms with Gasteiger partial charge >= 0.3 is 0 Å². The number of nitrogens with zero attached hydrogens (tertiary/aromatic N) is 3. The highest BCUT2D eigenvalue weighted by Crippen LogP contribution is 2.43. The number of aromatic nitrogens is 3. The van der Waals surface area contributed by atoms with Gasteiger partial charge < -0.3 is 5.73 Å². The Morgan fingerprint density at radius 2 is 1.88 bits per heavy atom. The second-order valence-corrected chi connectivity index (χ2v) is 5.47. The topological polar surface area (TPSA) is 56.7 Å². The van der Waals surface area contributed by atoms with Crippen LogP contribution < -0.4 is 5.73 Å². The van der Waals surface area contributed by atoms with Crippen LogP contribution in [0, 0.1) is 0 Å². The van der Waals surface area contributed by atoms with Gasteiger partial charge in [-0.1, -0.05) is 24.5 Å². The van der Waals surface area contributed by atoms with Gasteiger partial charge in [0.15, 0.2) is 0 Å². The lowest BCUT2D eigenvalue weighted by Gasteiger charge is -2.23. The molecule has 17 heavy (non-hydrogen) atoms. The number of hydrogen-bond donors (Lipinski definition) is 1. The Morgan fingerprint density at radius 1 is 1.12 bits per heavy atom. The predicted octanol–water partition coefficient (Wildman–Crippen LogP) is 2.16. The molecule has 0 atom stereocenters. The lowest BCUT2D eigenvalue weighted by molar-refractivity contribution is 0.317. The van der Waals surface area contributed by atoms with Gasteiger partial charge in [-0.3, -0.25) is 0 Å². The quantitative estimate of drug-likeness (QED) is 0.868. The van der Waals surface area contributed by atoms with Crippen molar-refractivity contribution in [2.24, 2.45) is 5.73 Å². The fourth-order valence-corrected chi connectivity index (χ4v) is 3.02. The first kappa shape index (κ1) is 11.2. The summed E-state index contributed by atoms with van der Waals surface area (Å²) in [6.07, 6.45) is 10.2. The van der Waals surface area contributed by atoms with Gasteiger partial charge in [-0.2, -0.15) is 0 Å². The van der Waals surface area contributed by atoms with E-state index in [0.717, 1.165) is 12.3 Å². The Kier molecular flexibility index (Phi) is 3.14. The van der Waals surface area contributed by atoms with Crippen molar-refractivity contribution in [3.8, 4) is 0 Å². The van der Waals surface area contributed by atoms with Crippen LogP contribution in [0.15, 0.2) is 0 Å². The maximum atomic E-state index is 5.66. The molecule has 2 N–H and O–H groups in total. The first-order valence-corrected chi connectivity index (χ1v) is 7.04. The highest BCUT2D eigenvalue weighted by Gasteiger charge is 2.33. The van der Waals surface area contributed by atoms with Crippen LogP contribution in [0.2, 0.25) is 0 Å². The number of rotatable bonds is 4. The maximum absolute atomic E-state index is 5.66. The molecular formula is C13H22N4. The summed E-state index contributed by atoms with van der Waals surface area (Å²) in [5.74, 6) is 0.730. The fraction of sp³-hybridized carbons (Fsp3) is 0.846. The van der Waals surface area contributed by atoms with E-state index < -0.39 is 0 Å². The highest BCUT2D eigenvalue weighted by atomic mass is 15.4. The van der Waals surface area contributed by atoms with E-state index in [-0.39, 0.29) is 0 Å². The lowest BCUT2D eigenvalue weighted by atomic mass is 9.95. The summed E-state index contributed by atoms with van der Waals surface area (Å²) < 4.78 is 2.25. The van der Waals surface area contributed by atoms with Gasteiger partial charge in [0, 0.05) is 12.3 Å². The van der Waals surface area contributed by atoms with Crippen molar-refractivity contribution in [3.05, 3.63) is 11.4 Å². The molecular weight excluding hydrogens is 212 g/mol. The van der Waals surface area contributed by atoms with Gasteiger partial charge in [-0.05, 0) is 32.2 Å². The van der Waals surface area contributed by atoms with Crippen LogP contribution in [-0.2, 0) is 6.42 Å². The van der Waals surface area contributed by atoms with Crippen LogP contribution in [0.3, 0.4) is 0 Å². The molecule has 1 aromatic heterocycles. The summed E-state index contributed by atoms with van der Waals surface area (Å²) in [7, 11) is 0. The Morgan fingerprint density at radius 3 is 2.53 bits per heavy atom. The Hall–Kier alpha value is -0.900. The van der Waals surface area contributed by atoms with E-state index >= 15 is 0 Å². The van der Waals surface area contributed by atoms with Crippen molar-refractivity contribution in [3.63, 3.8) is 0 Å². The van der Waals surface area contributed by atoms with Gasteiger partial charge in [0.25, 0.3) is 0 Å². The zero-order valence-electron chi connectivity index (χ0n) is 10.4. The van der Waals surface area contributed by atoms with Crippen LogP contribution in [0.5, 0.6) is 0 Å². The number of nitrogens with two attached hydrogens (primary N) is 1. The van der Waals surface area contributed by atoms with Crippen molar-refractivity contribution in [2.45, 2.75) is 63.3 Å². The van der Waals surface area contributed by atoms with E-state index in [1.54, 1.807) is 0 Å². The van der Waals surface area contributed by atoms with Crippen LogP contribution in [0.25, 0.3) is 0 Å². The van der Waals surface area contributed by atoms with E-state index in [1.165, 1.54) is 56.3 Å². The average Bonchev–Trinajstić information content (AvgIpc) is 3.12. The van der Waals surface area contributed by atoms with Crippen molar-refractivity contribution < 1.29 is 0 Å². The predicted molar refractivity (Wildman–Crippen MR) is 66.9 cm³/mol. The molecule has 0 bridgehead atoms. The van der Waals surface area contributed by atoms with Crippen LogP contribution in [0.4, 0.5) is 0 Å². The molecule has 0 unspecified atom stereocenters. The van der Waals surface area contributed by atoms with E-state index in [1.807, 2.05) is 0 Å². The molecule has 0 amide bonds. The molecule has 3 rings (SSSR count). The third-order valence-electron chi connectivity index (χ3n) is 4.07. The molecule has 4 nitrogen and oxygen atoms in total. The van der Waals surface area contributed by atoms with Crippen molar-refractivity contribution >= 4 is 0 Å². The standard InChI is InChI=1S/C13H22N4/c14-9-8-12-13(10-6-7-10)17(16-15-12)11-4-2-1-3-5-11/h10-11H,1-9,14H2. The summed E-state index contributed by atoms with van der Waals surface area (Å²) in [4.78, 5) is 0. The van der Waals surface area contributed by atoms with Gasteiger partial charge in [0.05, 0.1) is 17.4 Å². The molecule has 2 aliphatic carbocycles. The van der Waals surface area contributed by atoms with E-state index in [2.05, 4.69) is 15.0 Å². The van der Waals surface area contributed by atoms with Crippen molar-refractivity contribution in [2.75, 3.05) is 6.54 Å². The summed E-state index contributed by atoms with van der Waals surface area (Å²) in [5, 5.41) is 8.81. The molecule has 2 fully saturated rings. The Balaban J connectivity index is 1.86. The molecule has 0 saturated heterocycles. The summed E-state index contributed by atoms with van der Waals surface area (Å²) in [5.41, 5.74) is 8.25. The lowest BCUT2D eigenvalue weighted by Crippen LogP contribution is -2.17. The van der Waals surface area contributed by atoms with Crippen molar-refractivity contribution in [1.82, 2.24) is 15.0 Å². The molecule has 94 valence electrons. The monoisotopic (exact) mass is 234 g/mol. The minimum absolute atomic E-state index is 0.610. The zero-order chi connectivity index (χ0) is 11.7. The summed E-state index contributed by atoms with van der Waals surface area (Å²) in [6.45, 7) is 0.684. The molecule has 1 aromatic rings. The highest BCUT2D eigenvalue weighted by molar-refractivity contribution is 5.21. The normalized spacial score (nSPS) is 21.9. The molecule has 0 radical (unpaired) electrons. The van der Waals surface area contributed by atoms with Crippen LogP contribution in [0.1, 0.15) is 68.3 Å². The minimum atomic E-state index is 0.610. The zero-order valence-corrected chi connectivity index (χ0v) is 10.4. The van der Waals surface area contributed by atoms with Gasteiger partial charge in [0.1, 0.15) is 0 Å².